The second-order valence-electron chi connectivity index (χ2n) is 2.40. The molecule has 0 fully saturated rings. The SMILES string of the molecule is [NH3+]CCOc1c(Br)cc(Br)cc1Br. The van der Waals surface area contributed by atoms with Gasteiger partial charge in [0.2, 0.25) is 0 Å². The maximum atomic E-state index is 5.49. The Hall–Kier alpha value is 0.420. The molecule has 1 aromatic carbocycles. The largest absolute Gasteiger partial charge is 0.485 e. The molecule has 13 heavy (non-hydrogen) atoms. The van der Waals surface area contributed by atoms with Gasteiger partial charge >= 0.3 is 0 Å². The van der Waals surface area contributed by atoms with Gasteiger partial charge in [-0.3, -0.25) is 0 Å². The number of hydrogen-bond donors (Lipinski definition) is 1. The third-order valence-corrected chi connectivity index (χ3v) is 2.99. The molecule has 2 nitrogen and oxygen atoms in total. The van der Waals surface area contributed by atoms with Gasteiger partial charge in [-0.25, -0.2) is 0 Å². The Morgan fingerprint density at radius 2 is 1.69 bits per heavy atom. The van der Waals surface area contributed by atoms with Gasteiger partial charge < -0.3 is 10.5 Å². The molecule has 0 saturated carbocycles. The summed E-state index contributed by atoms with van der Waals surface area (Å²) in [7, 11) is 0. The molecule has 0 aliphatic heterocycles. The van der Waals surface area contributed by atoms with Crippen LogP contribution in [0, 0.1) is 0 Å². The molecule has 0 aliphatic rings. The van der Waals surface area contributed by atoms with Gasteiger partial charge in [-0.05, 0) is 44.0 Å². The summed E-state index contributed by atoms with van der Waals surface area (Å²) in [4.78, 5) is 0. The molecule has 0 atom stereocenters. The molecule has 0 unspecified atom stereocenters. The van der Waals surface area contributed by atoms with Crippen molar-refractivity contribution in [3.63, 3.8) is 0 Å². The van der Waals surface area contributed by atoms with Crippen LogP contribution in [0.15, 0.2) is 25.6 Å². The molecule has 0 bridgehead atoms. The standard InChI is InChI=1S/C8H8Br3NO/c9-5-3-6(10)8(7(11)4-5)13-2-1-12/h3-4H,1-2,12H2/p+1. The molecule has 1 rings (SSSR count). The predicted molar refractivity (Wildman–Crippen MR) is 62.8 cm³/mol. The van der Waals surface area contributed by atoms with E-state index in [2.05, 4.69) is 53.5 Å². The molecule has 1 aromatic rings. The average molecular weight is 375 g/mol. The van der Waals surface area contributed by atoms with E-state index in [-0.39, 0.29) is 0 Å². The molecule has 0 aromatic heterocycles. The van der Waals surface area contributed by atoms with Crippen molar-refractivity contribution >= 4 is 47.8 Å². The maximum absolute atomic E-state index is 5.49. The minimum atomic E-state index is 0.624. The zero-order valence-corrected chi connectivity index (χ0v) is 11.6. The highest BCUT2D eigenvalue weighted by Crippen LogP contribution is 2.36. The highest BCUT2D eigenvalue weighted by molar-refractivity contribution is 9.11. The van der Waals surface area contributed by atoms with Gasteiger partial charge in [-0.2, -0.15) is 0 Å². The van der Waals surface area contributed by atoms with Crippen molar-refractivity contribution in [1.82, 2.24) is 0 Å². The van der Waals surface area contributed by atoms with E-state index in [1.807, 2.05) is 12.1 Å². The fraction of sp³-hybridized carbons (Fsp3) is 0.250. The number of halogens is 3. The van der Waals surface area contributed by atoms with Crippen LogP contribution in [0.2, 0.25) is 0 Å². The minimum absolute atomic E-state index is 0.624. The van der Waals surface area contributed by atoms with Crippen molar-refractivity contribution in [2.45, 2.75) is 0 Å². The third kappa shape index (κ3) is 3.23. The van der Waals surface area contributed by atoms with Crippen molar-refractivity contribution in [3.05, 3.63) is 25.6 Å². The Bertz CT molecular complexity index is 280. The lowest BCUT2D eigenvalue weighted by atomic mass is 10.3. The molecule has 0 spiro atoms. The lowest BCUT2D eigenvalue weighted by Crippen LogP contribution is -2.52. The smallest absolute Gasteiger partial charge is 0.148 e. The van der Waals surface area contributed by atoms with Gasteiger partial charge in [0, 0.05) is 4.47 Å². The Morgan fingerprint density at radius 1 is 1.15 bits per heavy atom. The first kappa shape index (κ1) is 11.5. The highest BCUT2D eigenvalue weighted by Gasteiger charge is 2.07. The minimum Gasteiger partial charge on any atom is -0.485 e. The molecular formula is C8H9Br3NO+. The fourth-order valence-corrected chi connectivity index (χ4v) is 3.33. The molecular weight excluding hydrogens is 366 g/mol. The molecule has 0 heterocycles. The van der Waals surface area contributed by atoms with Crippen molar-refractivity contribution in [2.75, 3.05) is 13.2 Å². The van der Waals surface area contributed by atoms with E-state index < -0.39 is 0 Å². The molecule has 5 heteroatoms. The Labute approximate surface area is 102 Å². The van der Waals surface area contributed by atoms with E-state index in [0.29, 0.717) is 6.61 Å². The predicted octanol–water partition coefficient (Wildman–Crippen LogP) is 2.59. The van der Waals surface area contributed by atoms with E-state index in [9.17, 15) is 0 Å². The fourth-order valence-electron chi connectivity index (χ4n) is 0.841. The van der Waals surface area contributed by atoms with Crippen LogP contribution in [0.25, 0.3) is 0 Å². The molecule has 0 radical (unpaired) electrons. The Morgan fingerprint density at radius 3 is 2.15 bits per heavy atom. The molecule has 0 saturated heterocycles. The van der Waals surface area contributed by atoms with Gasteiger partial charge in [0.25, 0.3) is 0 Å². The normalized spacial score (nSPS) is 10.2. The van der Waals surface area contributed by atoms with Gasteiger partial charge in [0.1, 0.15) is 18.9 Å². The summed E-state index contributed by atoms with van der Waals surface area (Å²) in [5, 5.41) is 0. The lowest BCUT2D eigenvalue weighted by Gasteiger charge is -2.08. The van der Waals surface area contributed by atoms with Gasteiger partial charge in [-0.1, -0.05) is 15.9 Å². The Balaban J connectivity index is 2.92. The quantitative estimate of drug-likeness (QED) is 0.867. The van der Waals surface area contributed by atoms with E-state index in [1.54, 1.807) is 0 Å². The summed E-state index contributed by atoms with van der Waals surface area (Å²) in [6.07, 6.45) is 0. The molecule has 0 amide bonds. The summed E-state index contributed by atoms with van der Waals surface area (Å²) in [5.41, 5.74) is 3.71. The molecule has 72 valence electrons. The van der Waals surface area contributed by atoms with Crippen LogP contribution >= 0.6 is 47.8 Å². The second-order valence-corrected chi connectivity index (χ2v) is 5.02. The topological polar surface area (TPSA) is 36.9 Å². The number of rotatable bonds is 3. The van der Waals surface area contributed by atoms with Crippen LogP contribution < -0.4 is 10.5 Å². The number of benzene rings is 1. The monoisotopic (exact) mass is 372 g/mol. The van der Waals surface area contributed by atoms with Crippen molar-refractivity contribution in [1.29, 1.82) is 0 Å². The summed E-state index contributed by atoms with van der Waals surface area (Å²) in [6.45, 7) is 1.38. The van der Waals surface area contributed by atoms with Crippen molar-refractivity contribution in [3.8, 4) is 5.75 Å². The van der Waals surface area contributed by atoms with Crippen LogP contribution in [0.5, 0.6) is 5.75 Å². The maximum Gasteiger partial charge on any atom is 0.148 e. The first-order valence-electron chi connectivity index (χ1n) is 3.71. The first-order valence-corrected chi connectivity index (χ1v) is 6.09. The van der Waals surface area contributed by atoms with Crippen LogP contribution in [0.3, 0.4) is 0 Å². The van der Waals surface area contributed by atoms with E-state index in [0.717, 1.165) is 25.7 Å². The van der Waals surface area contributed by atoms with Gasteiger partial charge in [0.15, 0.2) is 0 Å². The van der Waals surface area contributed by atoms with E-state index in [4.69, 9.17) is 4.74 Å². The molecule has 3 N–H and O–H groups in total. The van der Waals surface area contributed by atoms with Crippen LogP contribution in [0.4, 0.5) is 0 Å². The van der Waals surface area contributed by atoms with E-state index in [1.165, 1.54) is 0 Å². The van der Waals surface area contributed by atoms with E-state index >= 15 is 0 Å². The van der Waals surface area contributed by atoms with Crippen molar-refractivity contribution < 1.29 is 10.5 Å². The summed E-state index contributed by atoms with van der Waals surface area (Å²) in [6, 6.07) is 3.90. The van der Waals surface area contributed by atoms with Crippen molar-refractivity contribution in [2.24, 2.45) is 0 Å². The third-order valence-electron chi connectivity index (χ3n) is 1.35. The number of quaternary nitrogens is 1. The zero-order valence-electron chi connectivity index (χ0n) is 6.82. The first-order chi connectivity index (χ1) is 6.15. The second kappa shape index (κ2) is 5.34. The lowest BCUT2D eigenvalue weighted by molar-refractivity contribution is -0.370. The zero-order chi connectivity index (χ0) is 9.84. The van der Waals surface area contributed by atoms with Crippen LogP contribution in [-0.4, -0.2) is 13.2 Å². The highest BCUT2D eigenvalue weighted by atomic mass is 79.9. The molecule has 0 aliphatic carbocycles. The van der Waals surface area contributed by atoms with Gasteiger partial charge in [0.05, 0.1) is 8.95 Å². The van der Waals surface area contributed by atoms with Crippen LogP contribution in [-0.2, 0) is 0 Å². The van der Waals surface area contributed by atoms with Crippen LogP contribution in [0.1, 0.15) is 0 Å². The van der Waals surface area contributed by atoms with Gasteiger partial charge in [-0.15, -0.1) is 0 Å². The Kier molecular flexibility index (Phi) is 4.72. The summed E-state index contributed by atoms with van der Waals surface area (Å²) >= 11 is 10.2. The average Bonchev–Trinajstić information content (AvgIpc) is 2.02. The summed E-state index contributed by atoms with van der Waals surface area (Å²) < 4.78 is 8.37. The number of hydrogen-bond acceptors (Lipinski definition) is 1. The summed E-state index contributed by atoms with van der Waals surface area (Å²) in [5.74, 6) is 0.826. The number of ether oxygens (including phenoxy) is 1.